The van der Waals surface area contributed by atoms with Gasteiger partial charge in [-0.05, 0) is 25.0 Å². The average molecular weight is 304 g/mol. The summed E-state index contributed by atoms with van der Waals surface area (Å²) in [5.74, 6) is 0.648. The maximum absolute atomic E-state index is 12.9. The Hall–Kier alpha value is -1.59. The zero-order chi connectivity index (χ0) is 16.0. The highest BCUT2D eigenvalue weighted by Gasteiger charge is 2.70. The van der Waals surface area contributed by atoms with Crippen LogP contribution < -0.4 is 15.8 Å². The monoisotopic (exact) mass is 304 g/mol. The van der Waals surface area contributed by atoms with Crippen molar-refractivity contribution in [2.75, 3.05) is 19.0 Å². The molecular weight excluding hydrogens is 280 g/mol. The Balaban J connectivity index is 1.81. The summed E-state index contributed by atoms with van der Waals surface area (Å²) < 4.78 is 11.0. The third kappa shape index (κ3) is 2.03. The van der Waals surface area contributed by atoms with Crippen LogP contribution in [0.5, 0.6) is 5.75 Å². The normalized spacial score (nSPS) is 32.5. The van der Waals surface area contributed by atoms with Crippen LogP contribution in [0.3, 0.4) is 0 Å². The Morgan fingerprint density at radius 3 is 2.95 bits per heavy atom. The molecule has 1 aromatic carbocycles. The van der Waals surface area contributed by atoms with Gasteiger partial charge in [-0.1, -0.05) is 19.9 Å². The summed E-state index contributed by atoms with van der Waals surface area (Å²) in [6.07, 6.45) is 1.97. The summed E-state index contributed by atoms with van der Waals surface area (Å²) in [5, 5.41) is 2.95. The van der Waals surface area contributed by atoms with Crippen molar-refractivity contribution in [2.24, 2.45) is 17.1 Å². The van der Waals surface area contributed by atoms with E-state index in [1.54, 1.807) is 13.2 Å². The summed E-state index contributed by atoms with van der Waals surface area (Å²) in [6.45, 7) is 4.80. The molecule has 1 saturated carbocycles. The van der Waals surface area contributed by atoms with Gasteiger partial charge >= 0.3 is 0 Å². The topological polar surface area (TPSA) is 73.6 Å². The van der Waals surface area contributed by atoms with Gasteiger partial charge in [0.25, 0.3) is 0 Å². The molecule has 1 aromatic rings. The largest absolute Gasteiger partial charge is 0.497 e. The fourth-order valence-electron chi connectivity index (χ4n) is 3.97. The number of nitrogens with one attached hydrogen (secondary N) is 1. The lowest BCUT2D eigenvalue weighted by Gasteiger charge is -2.65. The molecule has 1 heterocycles. The molecule has 0 aromatic heterocycles. The van der Waals surface area contributed by atoms with E-state index in [0.717, 1.165) is 19.4 Å². The summed E-state index contributed by atoms with van der Waals surface area (Å²) in [4.78, 5) is 12.9. The number of anilines is 1. The van der Waals surface area contributed by atoms with E-state index >= 15 is 0 Å². The van der Waals surface area contributed by atoms with Gasteiger partial charge in [0.2, 0.25) is 5.91 Å². The number of methoxy groups -OCH3 is 1. The zero-order valence-electron chi connectivity index (χ0n) is 13.4. The first kappa shape index (κ1) is 15.3. The van der Waals surface area contributed by atoms with E-state index in [1.165, 1.54) is 0 Å². The lowest BCUT2D eigenvalue weighted by Crippen LogP contribution is -2.81. The SMILES string of the molecule is COc1cccc(NC(=O)C2(N)C3CCCOC3C2(C)C)c1. The van der Waals surface area contributed by atoms with Crippen LogP contribution in [0.2, 0.25) is 0 Å². The number of rotatable bonds is 3. The van der Waals surface area contributed by atoms with Gasteiger partial charge in [-0.2, -0.15) is 0 Å². The van der Waals surface area contributed by atoms with Crippen molar-refractivity contribution in [3.63, 3.8) is 0 Å². The second-order valence-electron chi connectivity index (χ2n) is 6.82. The molecule has 120 valence electrons. The summed E-state index contributed by atoms with van der Waals surface area (Å²) >= 11 is 0. The Kier molecular flexibility index (Phi) is 3.65. The van der Waals surface area contributed by atoms with Gasteiger partial charge in [-0.3, -0.25) is 4.79 Å². The molecule has 0 spiro atoms. The standard InChI is InChI=1S/C17H24N2O3/c1-16(2)14-13(8-5-9-22-14)17(16,18)15(20)19-11-6-4-7-12(10-11)21-3/h4,6-7,10,13-14H,5,8-9,18H2,1-3H3,(H,19,20). The molecular formula is C17H24N2O3. The van der Waals surface area contributed by atoms with Gasteiger partial charge in [-0.15, -0.1) is 0 Å². The number of fused-ring (bicyclic) bond motifs is 1. The molecule has 2 fully saturated rings. The van der Waals surface area contributed by atoms with Crippen LogP contribution in [-0.4, -0.2) is 31.3 Å². The van der Waals surface area contributed by atoms with Crippen LogP contribution in [0.15, 0.2) is 24.3 Å². The third-order valence-corrected chi connectivity index (χ3v) is 5.39. The van der Waals surface area contributed by atoms with E-state index < -0.39 is 5.54 Å². The third-order valence-electron chi connectivity index (χ3n) is 5.39. The van der Waals surface area contributed by atoms with Crippen molar-refractivity contribution in [3.8, 4) is 5.75 Å². The van der Waals surface area contributed by atoms with Crippen molar-refractivity contribution in [3.05, 3.63) is 24.3 Å². The maximum atomic E-state index is 12.9. The van der Waals surface area contributed by atoms with Gasteiger partial charge in [0.05, 0.1) is 13.2 Å². The number of nitrogens with two attached hydrogens (primary N) is 1. The predicted molar refractivity (Wildman–Crippen MR) is 84.8 cm³/mol. The molecule has 2 aliphatic rings. The maximum Gasteiger partial charge on any atom is 0.245 e. The second kappa shape index (κ2) is 5.25. The molecule has 1 aliphatic carbocycles. The number of amides is 1. The van der Waals surface area contributed by atoms with Crippen molar-refractivity contribution in [1.29, 1.82) is 0 Å². The van der Waals surface area contributed by atoms with Gasteiger partial charge in [0, 0.05) is 29.7 Å². The summed E-state index contributed by atoms with van der Waals surface area (Å²) in [5.41, 5.74) is 6.00. The van der Waals surface area contributed by atoms with E-state index in [4.69, 9.17) is 15.2 Å². The van der Waals surface area contributed by atoms with Crippen LogP contribution in [0.4, 0.5) is 5.69 Å². The molecule has 22 heavy (non-hydrogen) atoms. The van der Waals surface area contributed by atoms with Gasteiger partial charge in [0.15, 0.2) is 0 Å². The van der Waals surface area contributed by atoms with Crippen molar-refractivity contribution >= 4 is 11.6 Å². The van der Waals surface area contributed by atoms with Crippen LogP contribution >= 0.6 is 0 Å². The molecule has 0 bridgehead atoms. The second-order valence-corrected chi connectivity index (χ2v) is 6.82. The first-order chi connectivity index (χ1) is 10.4. The summed E-state index contributed by atoms with van der Waals surface area (Å²) in [7, 11) is 1.60. The van der Waals surface area contributed by atoms with Crippen molar-refractivity contribution in [1.82, 2.24) is 0 Å². The zero-order valence-corrected chi connectivity index (χ0v) is 13.4. The van der Waals surface area contributed by atoms with Crippen LogP contribution in [-0.2, 0) is 9.53 Å². The van der Waals surface area contributed by atoms with Crippen LogP contribution in [0.25, 0.3) is 0 Å². The minimum Gasteiger partial charge on any atom is -0.497 e. The van der Waals surface area contributed by atoms with Crippen LogP contribution in [0.1, 0.15) is 26.7 Å². The number of ether oxygens (including phenoxy) is 2. The van der Waals surface area contributed by atoms with E-state index in [2.05, 4.69) is 5.32 Å². The van der Waals surface area contributed by atoms with E-state index in [1.807, 2.05) is 32.0 Å². The smallest absolute Gasteiger partial charge is 0.245 e. The van der Waals surface area contributed by atoms with E-state index in [-0.39, 0.29) is 23.3 Å². The van der Waals surface area contributed by atoms with Crippen molar-refractivity contribution in [2.45, 2.75) is 38.3 Å². The van der Waals surface area contributed by atoms with Crippen molar-refractivity contribution < 1.29 is 14.3 Å². The lowest BCUT2D eigenvalue weighted by molar-refractivity contribution is -0.222. The molecule has 3 unspecified atom stereocenters. The molecule has 1 aliphatic heterocycles. The molecule has 5 heteroatoms. The minimum absolute atomic E-state index is 0.0716. The highest BCUT2D eigenvalue weighted by Crippen LogP contribution is 2.57. The van der Waals surface area contributed by atoms with Gasteiger partial charge in [0.1, 0.15) is 11.3 Å². The predicted octanol–water partition coefficient (Wildman–Crippen LogP) is 2.17. The molecule has 3 N–H and O–H groups in total. The highest BCUT2D eigenvalue weighted by molar-refractivity contribution is 6.00. The Labute approximate surface area is 131 Å². The number of carbonyl (C=O) groups excluding carboxylic acids is 1. The molecule has 3 rings (SSSR count). The highest BCUT2D eigenvalue weighted by atomic mass is 16.5. The Morgan fingerprint density at radius 1 is 1.45 bits per heavy atom. The number of hydrogen-bond donors (Lipinski definition) is 2. The molecule has 0 radical (unpaired) electrons. The number of benzene rings is 1. The van der Waals surface area contributed by atoms with Crippen LogP contribution in [0, 0.1) is 11.3 Å². The first-order valence-corrected chi connectivity index (χ1v) is 7.77. The number of carbonyl (C=O) groups is 1. The molecule has 3 atom stereocenters. The van der Waals surface area contributed by atoms with Gasteiger partial charge in [-0.25, -0.2) is 0 Å². The molecule has 1 amide bonds. The molecule has 5 nitrogen and oxygen atoms in total. The quantitative estimate of drug-likeness (QED) is 0.897. The van der Waals surface area contributed by atoms with Gasteiger partial charge < -0.3 is 20.5 Å². The Bertz CT molecular complexity index is 587. The molecule has 1 saturated heterocycles. The Morgan fingerprint density at radius 2 is 2.23 bits per heavy atom. The fourth-order valence-corrected chi connectivity index (χ4v) is 3.97. The summed E-state index contributed by atoms with van der Waals surface area (Å²) in [6, 6.07) is 7.31. The first-order valence-electron chi connectivity index (χ1n) is 7.77. The minimum atomic E-state index is -0.902. The lowest BCUT2D eigenvalue weighted by atomic mass is 9.46. The van der Waals surface area contributed by atoms with E-state index in [9.17, 15) is 4.79 Å². The fraction of sp³-hybridized carbons (Fsp3) is 0.588. The number of hydrogen-bond acceptors (Lipinski definition) is 4. The van der Waals surface area contributed by atoms with E-state index in [0.29, 0.717) is 11.4 Å². The average Bonchev–Trinajstić information content (AvgIpc) is 2.54.